The van der Waals surface area contributed by atoms with Gasteiger partial charge in [0.05, 0.1) is 25.0 Å². The van der Waals surface area contributed by atoms with Crippen molar-refractivity contribution >= 4 is 23.6 Å². The van der Waals surface area contributed by atoms with Gasteiger partial charge in [0.1, 0.15) is 0 Å². The maximum absolute atomic E-state index is 12.4. The van der Waals surface area contributed by atoms with Gasteiger partial charge in [-0.2, -0.15) is 0 Å². The van der Waals surface area contributed by atoms with Gasteiger partial charge in [0, 0.05) is 25.2 Å². The van der Waals surface area contributed by atoms with E-state index in [1.165, 1.54) is 11.8 Å². The topological polar surface area (TPSA) is 89.3 Å². The number of carbonyl (C=O) groups is 2. The molecule has 8 nitrogen and oxygen atoms in total. The molecule has 9 heteroatoms. The lowest BCUT2D eigenvalue weighted by Crippen LogP contribution is -2.41. The summed E-state index contributed by atoms with van der Waals surface area (Å²) in [5.41, 5.74) is 0.583. The smallest absolute Gasteiger partial charge is 0.251 e. The number of aromatic nitrogens is 3. The van der Waals surface area contributed by atoms with Crippen molar-refractivity contribution in [2.24, 2.45) is 0 Å². The molecule has 1 aromatic carbocycles. The lowest BCUT2D eigenvalue weighted by atomic mass is 10.2. The van der Waals surface area contributed by atoms with Crippen LogP contribution in [0.5, 0.6) is 0 Å². The van der Waals surface area contributed by atoms with Crippen molar-refractivity contribution in [1.29, 1.82) is 0 Å². The van der Waals surface area contributed by atoms with Gasteiger partial charge in [-0.1, -0.05) is 36.0 Å². The van der Waals surface area contributed by atoms with Crippen LogP contribution in [0, 0.1) is 0 Å². The van der Waals surface area contributed by atoms with E-state index in [9.17, 15) is 9.59 Å². The van der Waals surface area contributed by atoms with Gasteiger partial charge >= 0.3 is 0 Å². The quantitative estimate of drug-likeness (QED) is 0.523. The van der Waals surface area contributed by atoms with Crippen LogP contribution < -0.4 is 5.32 Å². The SMILES string of the molecule is C=CCn1c(SCC(=O)N2CCOCC2)nnc1[C@@H](C)NC(=O)c1ccccc1. The fourth-order valence-electron chi connectivity index (χ4n) is 2.99. The highest BCUT2D eigenvalue weighted by atomic mass is 32.2. The molecule has 0 spiro atoms. The minimum absolute atomic E-state index is 0.0541. The molecule has 0 radical (unpaired) electrons. The first-order chi connectivity index (χ1) is 14.1. The van der Waals surface area contributed by atoms with Gasteiger partial charge in [0.15, 0.2) is 11.0 Å². The summed E-state index contributed by atoms with van der Waals surface area (Å²) in [6, 6.07) is 8.67. The number of nitrogens with one attached hydrogen (secondary N) is 1. The molecule has 1 fully saturated rings. The molecule has 1 atom stereocenters. The van der Waals surface area contributed by atoms with Crippen LogP contribution in [0.25, 0.3) is 0 Å². The fourth-order valence-corrected chi connectivity index (χ4v) is 3.85. The molecule has 1 N–H and O–H groups in total. The Labute approximate surface area is 174 Å². The van der Waals surface area contributed by atoms with Gasteiger partial charge in [0.25, 0.3) is 5.91 Å². The Morgan fingerprint density at radius 2 is 2.00 bits per heavy atom. The summed E-state index contributed by atoms with van der Waals surface area (Å²) in [6.07, 6.45) is 1.74. The summed E-state index contributed by atoms with van der Waals surface area (Å²) in [6.45, 7) is 8.52. The number of morpholine rings is 1. The van der Waals surface area contributed by atoms with Crippen molar-refractivity contribution in [3.05, 3.63) is 54.4 Å². The third-order valence-corrected chi connectivity index (χ3v) is 5.47. The number of allylic oxidation sites excluding steroid dienone is 1. The number of hydrogen-bond acceptors (Lipinski definition) is 6. The average molecular weight is 416 g/mol. The molecule has 2 heterocycles. The number of hydrogen-bond donors (Lipinski definition) is 1. The van der Waals surface area contributed by atoms with E-state index in [0.29, 0.717) is 49.4 Å². The van der Waals surface area contributed by atoms with Crippen LogP contribution in [0.2, 0.25) is 0 Å². The van der Waals surface area contributed by atoms with Gasteiger partial charge < -0.3 is 19.5 Å². The van der Waals surface area contributed by atoms with Gasteiger partial charge in [0.2, 0.25) is 5.91 Å². The maximum atomic E-state index is 12.4. The summed E-state index contributed by atoms with van der Waals surface area (Å²) in [5.74, 6) is 0.775. The number of amides is 2. The Hall–Kier alpha value is -2.65. The Balaban J connectivity index is 1.66. The lowest BCUT2D eigenvalue weighted by Gasteiger charge is -2.26. The molecule has 1 saturated heterocycles. The van der Waals surface area contributed by atoms with E-state index >= 15 is 0 Å². The van der Waals surface area contributed by atoms with Crippen molar-refractivity contribution in [3.8, 4) is 0 Å². The number of ether oxygens (including phenoxy) is 1. The van der Waals surface area contributed by atoms with E-state index in [1.54, 1.807) is 23.1 Å². The van der Waals surface area contributed by atoms with E-state index in [4.69, 9.17) is 4.74 Å². The number of rotatable bonds is 8. The molecule has 1 aliphatic rings. The summed E-state index contributed by atoms with van der Waals surface area (Å²) >= 11 is 1.34. The summed E-state index contributed by atoms with van der Waals surface area (Å²) in [7, 11) is 0. The predicted octanol–water partition coefficient (Wildman–Crippen LogP) is 1.91. The first kappa shape index (κ1) is 21.1. The van der Waals surface area contributed by atoms with Crippen LogP contribution in [-0.2, 0) is 16.1 Å². The van der Waals surface area contributed by atoms with Crippen molar-refractivity contribution in [1.82, 2.24) is 25.0 Å². The Kier molecular flexibility index (Phi) is 7.42. The number of thioether (sulfide) groups is 1. The number of carbonyl (C=O) groups excluding carboxylic acids is 2. The zero-order chi connectivity index (χ0) is 20.6. The molecular weight excluding hydrogens is 390 g/mol. The predicted molar refractivity (Wildman–Crippen MR) is 111 cm³/mol. The first-order valence-corrected chi connectivity index (χ1v) is 10.5. The van der Waals surface area contributed by atoms with Crippen LogP contribution >= 0.6 is 11.8 Å². The van der Waals surface area contributed by atoms with E-state index < -0.39 is 0 Å². The molecule has 3 rings (SSSR count). The minimum atomic E-state index is -0.348. The molecule has 0 unspecified atom stereocenters. The highest BCUT2D eigenvalue weighted by molar-refractivity contribution is 7.99. The first-order valence-electron chi connectivity index (χ1n) is 9.48. The van der Waals surface area contributed by atoms with Gasteiger partial charge in [-0.25, -0.2) is 0 Å². The van der Waals surface area contributed by atoms with Crippen LogP contribution in [0.1, 0.15) is 29.1 Å². The van der Waals surface area contributed by atoms with E-state index in [0.717, 1.165) is 0 Å². The van der Waals surface area contributed by atoms with Crippen molar-refractivity contribution in [2.75, 3.05) is 32.1 Å². The van der Waals surface area contributed by atoms with Crippen molar-refractivity contribution < 1.29 is 14.3 Å². The normalized spacial score (nSPS) is 15.0. The summed E-state index contributed by atoms with van der Waals surface area (Å²) in [4.78, 5) is 26.6. The fraction of sp³-hybridized carbons (Fsp3) is 0.400. The maximum Gasteiger partial charge on any atom is 0.251 e. The van der Waals surface area contributed by atoms with E-state index in [1.807, 2.05) is 29.7 Å². The molecule has 2 aromatic rings. The molecular formula is C20H25N5O3S. The zero-order valence-corrected chi connectivity index (χ0v) is 17.2. The highest BCUT2D eigenvalue weighted by Gasteiger charge is 2.22. The van der Waals surface area contributed by atoms with E-state index in [-0.39, 0.29) is 23.6 Å². The van der Waals surface area contributed by atoms with Crippen molar-refractivity contribution in [2.45, 2.75) is 24.7 Å². The highest BCUT2D eigenvalue weighted by Crippen LogP contribution is 2.21. The zero-order valence-electron chi connectivity index (χ0n) is 16.4. The molecule has 2 amide bonds. The number of benzene rings is 1. The monoisotopic (exact) mass is 415 g/mol. The Bertz CT molecular complexity index is 849. The summed E-state index contributed by atoms with van der Waals surface area (Å²) < 4.78 is 7.16. The second-order valence-corrected chi connectivity index (χ2v) is 7.53. The molecule has 1 aromatic heterocycles. The van der Waals surface area contributed by atoms with Gasteiger partial charge in [-0.15, -0.1) is 16.8 Å². The van der Waals surface area contributed by atoms with Crippen LogP contribution in [0.4, 0.5) is 0 Å². The van der Waals surface area contributed by atoms with Crippen LogP contribution in [0.3, 0.4) is 0 Å². The molecule has 1 aliphatic heterocycles. The molecule has 0 bridgehead atoms. The van der Waals surface area contributed by atoms with Gasteiger partial charge in [-0.3, -0.25) is 9.59 Å². The molecule has 154 valence electrons. The van der Waals surface area contributed by atoms with E-state index in [2.05, 4.69) is 22.1 Å². The second kappa shape index (κ2) is 10.2. The van der Waals surface area contributed by atoms with Gasteiger partial charge in [-0.05, 0) is 19.1 Å². The standard InChI is InChI=1S/C20H25N5O3S/c1-3-9-25-18(15(2)21-19(27)16-7-5-4-6-8-16)22-23-20(25)29-14-17(26)24-10-12-28-13-11-24/h3-8,15H,1,9-14H2,2H3,(H,21,27)/t15-/m1/s1. The molecule has 0 aliphatic carbocycles. The second-order valence-electron chi connectivity index (χ2n) is 6.58. The Morgan fingerprint density at radius 3 is 2.69 bits per heavy atom. The minimum Gasteiger partial charge on any atom is -0.378 e. The third-order valence-electron chi connectivity index (χ3n) is 4.52. The largest absolute Gasteiger partial charge is 0.378 e. The third kappa shape index (κ3) is 5.45. The average Bonchev–Trinajstić information content (AvgIpc) is 3.16. The molecule has 29 heavy (non-hydrogen) atoms. The number of nitrogens with zero attached hydrogens (tertiary/aromatic N) is 4. The van der Waals surface area contributed by atoms with Crippen LogP contribution in [0.15, 0.2) is 48.1 Å². The molecule has 0 saturated carbocycles. The Morgan fingerprint density at radius 1 is 1.28 bits per heavy atom. The summed E-state index contributed by atoms with van der Waals surface area (Å²) in [5, 5.41) is 12.1. The lowest BCUT2D eigenvalue weighted by molar-refractivity contribution is -0.132. The van der Waals surface area contributed by atoms with Crippen LogP contribution in [-0.4, -0.2) is 63.5 Å². The van der Waals surface area contributed by atoms with Crippen molar-refractivity contribution in [3.63, 3.8) is 0 Å².